The lowest BCUT2D eigenvalue weighted by Crippen LogP contribution is -2.14. The van der Waals surface area contributed by atoms with E-state index in [1.807, 2.05) is 133 Å². The van der Waals surface area contributed by atoms with Gasteiger partial charge in [0.2, 0.25) is 11.3 Å². The Morgan fingerprint density at radius 3 is 2.21 bits per heavy atom. The minimum Gasteiger partial charge on any atom is -0.506 e. The van der Waals surface area contributed by atoms with Crippen LogP contribution in [0.4, 0.5) is 5.69 Å². The number of fused-ring (bicyclic) bond motifs is 3. The lowest BCUT2D eigenvalue weighted by atomic mass is 9.90. The second-order valence-corrected chi connectivity index (χ2v) is 18.0. The first-order chi connectivity index (χ1) is 25.3. The Morgan fingerprint density at radius 1 is 0.755 bits per heavy atom. The SMILES string of the molecule is O=C(CCCCCCCOC(=O)c1c(Cl)c(Cl)c(Cl)c(Cl)c1-c1c2cc(I)c(=O)c(I)c-2oc2c(I)c(O)c(I)cc12)Nc1cccc2ccccc12. The van der Waals surface area contributed by atoms with Gasteiger partial charge in [-0.1, -0.05) is 102 Å². The second kappa shape index (κ2) is 17.8. The van der Waals surface area contributed by atoms with E-state index in [-0.39, 0.29) is 66.3 Å². The zero-order valence-corrected chi connectivity index (χ0v) is 38.8. The highest BCUT2D eigenvalue weighted by molar-refractivity contribution is 14.1. The Balaban J connectivity index is 1.20. The molecule has 1 aliphatic heterocycles. The van der Waals surface area contributed by atoms with Gasteiger partial charge in [0.25, 0.3) is 0 Å². The van der Waals surface area contributed by atoms with E-state index in [9.17, 15) is 19.5 Å². The van der Waals surface area contributed by atoms with E-state index in [4.69, 9.17) is 55.6 Å². The molecule has 0 saturated carbocycles. The molecule has 53 heavy (non-hydrogen) atoms. The quantitative estimate of drug-likeness (QED) is 0.0334. The van der Waals surface area contributed by atoms with Crippen molar-refractivity contribution in [1.29, 1.82) is 0 Å². The van der Waals surface area contributed by atoms with Gasteiger partial charge >= 0.3 is 5.97 Å². The molecule has 1 aliphatic carbocycles. The highest BCUT2D eigenvalue weighted by Gasteiger charge is 2.33. The summed E-state index contributed by atoms with van der Waals surface area (Å²) in [7, 11) is 0. The molecule has 4 aromatic rings. The van der Waals surface area contributed by atoms with E-state index >= 15 is 0 Å². The van der Waals surface area contributed by atoms with Gasteiger partial charge in [-0.05, 0) is 127 Å². The van der Waals surface area contributed by atoms with E-state index < -0.39 is 5.97 Å². The van der Waals surface area contributed by atoms with Crippen LogP contribution in [-0.2, 0) is 9.53 Å². The molecule has 0 spiro atoms. The number of unbranched alkanes of at least 4 members (excludes halogenated alkanes) is 4. The van der Waals surface area contributed by atoms with Crippen molar-refractivity contribution >= 4 is 176 Å². The zero-order chi connectivity index (χ0) is 38.1. The molecule has 6 rings (SSSR count). The molecular weight excluding hydrogens is 1220 g/mol. The first kappa shape index (κ1) is 41.3. The van der Waals surface area contributed by atoms with E-state index in [1.54, 1.807) is 12.1 Å². The molecular formula is C38H25Cl4I4NO6. The highest BCUT2D eigenvalue weighted by Crippen LogP contribution is 2.52. The molecule has 0 atom stereocenters. The van der Waals surface area contributed by atoms with Crippen LogP contribution in [0.2, 0.25) is 20.1 Å². The van der Waals surface area contributed by atoms with Crippen molar-refractivity contribution in [1.82, 2.24) is 0 Å². The van der Waals surface area contributed by atoms with Gasteiger partial charge in [0.15, 0.2) is 11.3 Å². The highest BCUT2D eigenvalue weighted by atomic mass is 127. The third kappa shape index (κ3) is 8.52. The summed E-state index contributed by atoms with van der Waals surface area (Å²) in [6.45, 7) is 0.0959. The van der Waals surface area contributed by atoms with E-state index in [1.165, 1.54) is 0 Å². The number of hydrogen-bond donors (Lipinski definition) is 2. The number of nitrogens with one attached hydrogen (secondary N) is 1. The predicted molar refractivity (Wildman–Crippen MR) is 248 cm³/mol. The molecule has 2 N–H and O–H groups in total. The Bertz CT molecular complexity index is 2470. The number of amides is 1. The molecule has 0 unspecified atom stereocenters. The number of halogens is 8. The number of anilines is 1. The standard InChI is InChI=1S/C38H25Cl4I4NO6/c39-28-26(25-19-15-21(43)34(49)32(45)36(19)53-37-20(25)16-22(44)35(50)33(37)46)27(29(40)31(42)30(28)41)38(51)52-14-7-3-1-2-4-13-24(48)47-23-12-8-10-17-9-5-6-11-18(17)23/h5-6,8-12,15-16,49H,1-4,7,13-14H2,(H,47,48). The third-order valence-electron chi connectivity index (χ3n) is 8.59. The zero-order valence-electron chi connectivity index (χ0n) is 27.2. The summed E-state index contributed by atoms with van der Waals surface area (Å²) in [6.07, 6.45) is 4.15. The molecule has 0 saturated heterocycles. The van der Waals surface area contributed by atoms with Crippen LogP contribution in [0.1, 0.15) is 48.9 Å². The molecule has 4 aromatic carbocycles. The Hall–Kier alpha value is -1.35. The van der Waals surface area contributed by atoms with Gasteiger partial charge in [0.1, 0.15) is 9.32 Å². The van der Waals surface area contributed by atoms with Crippen molar-refractivity contribution in [2.24, 2.45) is 0 Å². The number of benzene rings is 5. The maximum absolute atomic E-state index is 13.9. The number of carbonyl (C=O) groups excluding carboxylic acids is 2. The van der Waals surface area contributed by atoms with Gasteiger partial charge in [-0.3, -0.25) is 9.59 Å². The smallest absolute Gasteiger partial charge is 0.340 e. The average molecular weight is 1240 g/mol. The summed E-state index contributed by atoms with van der Waals surface area (Å²) in [5.74, 6) is -0.556. The summed E-state index contributed by atoms with van der Waals surface area (Å²) >= 11 is 34.7. The fraction of sp³-hybridized carbons (Fsp3) is 0.184. The van der Waals surface area contributed by atoms with Gasteiger partial charge in [-0.15, -0.1) is 0 Å². The third-order valence-corrected chi connectivity index (χ3v) is 14.0. The Kier molecular flexibility index (Phi) is 13.9. The van der Waals surface area contributed by atoms with Crippen LogP contribution in [0.15, 0.2) is 63.8 Å². The fourth-order valence-corrected chi connectivity index (χ4v) is 10.6. The maximum atomic E-state index is 13.9. The van der Waals surface area contributed by atoms with Crippen LogP contribution >= 0.6 is 137 Å². The van der Waals surface area contributed by atoms with Gasteiger partial charge in [-0.2, -0.15) is 0 Å². The number of hydrogen-bond acceptors (Lipinski definition) is 6. The number of ether oxygens (including phenoxy) is 1. The number of rotatable bonds is 11. The minimum absolute atomic E-state index is 0.00213. The van der Waals surface area contributed by atoms with Crippen LogP contribution in [0, 0.1) is 14.3 Å². The number of aromatic hydroxyl groups is 1. The van der Waals surface area contributed by atoms with Crippen LogP contribution in [0.3, 0.4) is 0 Å². The average Bonchev–Trinajstić information content (AvgIpc) is 3.14. The van der Waals surface area contributed by atoms with Crippen molar-refractivity contribution in [2.45, 2.75) is 38.5 Å². The summed E-state index contributed by atoms with van der Waals surface area (Å²) in [4.78, 5) is 39.6. The van der Waals surface area contributed by atoms with Gasteiger partial charge in [-0.25, -0.2) is 4.79 Å². The lowest BCUT2D eigenvalue weighted by Gasteiger charge is -2.22. The minimum atomic E-state index is -0.759. The van der Waals surface area contributed by atoms with Crippen molar-refractivity contribution in [2.75, 3.05) is 11.9 Å². The fourth-order valence-electron chi connectivity index (χ4n) is 6.02. The molecule has 1 amide bonds. The first-order valence-electron chi connectivity index (χ1n) is 16.1. The molecule has 15 heteroatoms. The normalized spacial score (nSPS) is 11.5. The van der Waals surface area contributed by atoms with Crippen molar-refractivity contribution in [3.63, 3.8) is 0 Å². The molecule has 0 radical (unpaired) electrons. The molecule has 2 aliphatic rings. The van der Waals surface area contributed by atoms with Crippen molar-refractivity contribution in [3.8, 4) is 28.2 Å². The molecule has 7 nitrogen and oxygen atoms in total. The topological polar surface area (TPSA) is 106 Å². The van der Waals surface area contributed by atoms with E-state index in [0.29, 0.717) is 43.6 Å². The molecule has 0 bridgehead atoms. The number of carbonyl (C=O) groups is 2. The summed E-state index contributed by atoms with van der Waals surface area (Å²) in [6, 6.07) is 17.1. The number of esters is 1. The summed E-state index contributed by atoms with van der Waals surface area (Å²) in [5, 5.41) is 16.0. The largest absolute Gasteiger partial charge is 0.506 e. The summed E-state index contributed by atoms with van der Waals surface area (Å²) < 4.78 is 13.7. The first-order valence-corrected chi connectivity index (χ1v) is 21.9. The molecule has 274 valence electrons. The lowest BCUT2D eigenvalue weighted by molar-refractivity contribution is -0.116. The monoisotopic (exact) mass is 1240 g/mol. The van der Waals surface area contributed by atoms with Gasteiger partial charge < -0.3 is 19.6 Å². The summed E-state index contributed by atoms with van der Waals surface area (Å²) in [5.41, 5.74) is 1.79. The van der Waals surface area contributed by atoms with Crippen LogP contribution < -0.4 is 10.7 Å². The molecule has 0 fully saturated rings. The Labute approximate surface area is 378 Å². The van der Waals surface area contributed by atoms with Crippen molar-refractivity contribution in [3.05, 3.63) is 105 Å². The number of phenolic OH excluding ortho intramolecular Hbond substituents is 1. The second-order valence-electron chi connectivity index (χ2n) is 12.0. The van der Waals surface area contributed by atoms with Gasteiger partial charge in [0, 0.05) is 39.6 Å². The maximum Gasteiger partial charge on any atom is 0.340 e. The van der Waals surface area contributed by atoms with Crippen molar-refractivity contribution < 1.29 is 23.8 Å². The van der Waals surface area contributed by atoms with Crippen LogP contribution in [-0.4, -0.2) is 23.6 Å². The predicted octanol–water partition coefficient (Wildman–Crippen LogP) is 13.6. The van der Waals surface area contributed by atoms with Crippen LogP contribution in [0.25, 0.3) is 44.2 Å². The van der Waals surface area contributed by atoms with E-state index in [2.05, 4.69) is 5.32 Å². The van der Waals surface area contributed by atoms with Gasteiger partial charge in [0.05, 0.1) is 43.0 Å². The Morgan fingerprint density at radius 2 is 1.43 bits per heavy atom. The van der Waals surface area contributed by atoms with E-state index in [0.717, 1.165) is 42.1 Å². The van der Waals surface area contributed by atoms with Crippen LogP contribution in [0.5, 0.6) is 5.75 Å². The number of phenols is 1. The molecule has 0 aromatic heterocycles. The molecule has 1 heterocycles.